The second-order valence-electron chi connectivity index (χ2n) is 8.33. The van der Waals surface area contributed by atoms with Gasteiger partial charge < -0.3 is 4.90 Å². The van der Waals surface area contributed by atoms with Gasteiger partial charge in [0.15, 0.2) is 11.6 Å². The van der Waals surface area contributed by atoms with E-state index >= 15 is 0 Å². The predicted molar refractivity (Wildman–Crippen MR) is 115 cm³/mol. The standard InChI is InChI=1S/C22H17ClF4N6O/c1-10-8-32(9-10)21(34)19-30-20-11(2)29-18(17-13(24)4-3-7-28-17)15-14(33(20)31-19)6-5-12(16(15)23)22(25,26)27/h3-7,10-11H,8-9H2,1-2H3/t11-/m0/s1. The van der Waals surface area contributed by atoms with Crippen LogP contribution in [0.5, 0.6) is 0 Å². The van der Waals surface area contributed by atoms with Gasteiger partial charge >= 0.3 is 6.18 Å². The quantitative estimate of drug-likeness (QED) is 0.494. The number of benzene rings is 1. The molecule has 0 saturated carbocycles. The summed E-state index contributed by atoms with van der Waals surface area (Å²) >= 11 is 6.27. The fraction of sp³-hybridized carbons (Fsp3) is 0.318. The van der Waals surface area contributed by atoms with Gasteiger partial charge in [-0.2, -0.15) is 13.2 Å². The molecule has 1 aromatic carbocycles. The number of hydrogen-bond donors (Lipinski definition) is 0. The summed E-state index contributed by atoms with van der Waals surface area (Å²) in [6, 6.07) is 3.67. The predicted octanol–water partition coefficient (Wildman–Crippen LogP) is 4.48. The number of aromatic nitrogens is 4. The van der Waals surface area contributed by atoms with E-state index < -0.39 is 28.6 Å². The number of aliphatic imine (C=N–C) groups is 1. The van der Waals surface area contributed by atoms with Gasteiger partial charge in [-0.1, -0.05) is 18.5 Å². The lowest BCUT2D eigenvalue weighted by molar-refractivity contribution is -0.137. The summed E-state index contributed by atoms with van der Waals surface area (Å²) in [7, 11) is 0. The van der Waals surface area contributed by atoms with Crippen molar-refractivity contribution in [3.05, 3.63) is 69.8 Å². The maximum absolute atomic E-state index is 14.7. The maximum Gasteiger partial charge on any atom is 0.417 e. The summed E-state index contributed by atoms with van der Waals surface area (Å²) in [5.41, 5.74) is -1.63. The van der Waals surface area contributed by atoms with Crippen molar-refractivity contribution in [2.24, 2.45) is 10.9 Å². The monoisotopic (exact) mass is 492 g/mol. The van der Waals surface area contributed by atoms with Crippen LogP contribution in [0.3, 0.4) is 0 Å². The number of likely N-dealkylation sites (tertiary alicyclic amines) is 1. The Hall–Kier alpha value is -3.34. The largest absolute Gasteiger partial charge is 0.417 e. The summed E-state index contributed by atoms with van der Waals surface area (Å²) in [5.74, 6) is -0.684. The third-order valence-electron chi connectivity index (χ3n) is 5.74. The average Bonchev–Trinajstić information content (AvgIpc) is 3.15. The van der Waals surface area contributed by atoms with Gasteiger partial charge in [0.1, 0.15) is 11.7 Å². The molecule has 0 unspecified atom stereocenters. The van der Waals surface area contributed by atoms with Gasteiger partial charge in [0, 0.05) is 24.8 Å². The molecule has 5 rings (SSSR count). The first-order valence-electron chi connectivity index (χ1n) is 10.4. The Bertz CT molecular complexity index is 1350. The van der Waals surface area contributed by atoms with Crippen LogP contribution in [0.25, 0.3) is 5.69 Å². The van der Waals surface area contributed by atoms with Gasteiger partial charge in [0.25, 0.3) is 5.91 Å². The molecule has 1 amide bonds. The van der Waals surface area contributed by atoms with Crippen LogP contribution in [-0.2, 0) is 6.18 Å². The van der Waals surface area contributed by atoms with E-state index in [1.165, 1.54) is 16.9 Å². The van der Waals surface area contributed by atoms with E-state index in [4.69, 9.17) is 11.6 Å². The van der Waals surface area contributed by atoms with Crippen LogP contribution in [0.2, 0.25) is 5.02 Å². The molecule has 1 fully saturated rings. The number of pyridine rings is 1. The molecule has 0 spiro atoms. The summed E-state index contributed by atoms with van der Waals surface area (Å²) in [5, 5.41) is 3.63. The van der Waals surface area contributed by atoms with Crippen molar-refractivity contribution in [3.8, 4) is 5.69 Å². The van der Waals surface area contributed by atoms with E-state index in [-0.39, 0.29) is 40.2 Å². The summed E-state index contributed by atoms with van der Waals surface area (Å²) in [6.07, 6.45) is -3.46. The van der Waals surface area contributed by atoms with Crippen molar-refractivity contribution in [1.29, 1.82) is 0 Å². The van der Waals surface area contributed by atoms with Crippen molar-refractivity contribution in [3.63, 3.8) is 0 Å². The lowest BCUT2D eigenvalue weighted by Crippen LogP contribution is -2.49. The highest BCUT2D eigenvalue weighted by Crippen LogP contribution is 2.41. The molecule has 7 nitrogen and oxygen atoms in total. The number of rotatable bonds is 2. The fourth-order valence-corrected chi connectivity index (χ4v) is 4.47. The first-order chi connectivity index (χ1) is 16.1. The molecule has 3 aromatic rings. The Kier molecular flexibility index (Phi) is 5.19. The zero-order valence-electron chi connectivity index (χ0n) is 17.9. The van der Waals surface area contributed by atoms with Crippen molar-refractivity contribution in [2.45, 2.75) is 26.1 Å². The molecule has 34 heavy (non-hydrogen) atoms. The van der Waals surface area contributed by atoms with Gasteiger partial charge in [0.05, 0.1) is 22.0 Å². The highest BCUT2D eigenvalue weighted by Gasteiger charge is 2.39. The maximum atomic E-state index is 14.7. The average molecular weight is 493 g/mol. The zero-order valence-corrected chi connectivity index (χ0v) is 18.7. The summed E-state index contributed by atoms with van der Waals surface area (Å²) in [4.78, 5) is 27.2. The lowest BCUT2D eigenvalue weighted by atomic mass is 10.0. The minimum Gasteiger partial charge on any atom is -0.335 e. The van der Waals surface area contributed by atoms with E-state index in [1.807, 2.05) is 6.92 Å². The van der Waals surface area contributed by atoms with Gasteiger partial charge in [0.2, 0.25) is 5.82 Å². The van der Waals surface area contributed by atoms with Gasteiger partial charge in [-0.25, -0.2) is 14.1 Å². The zero-order chi connectivity index (χ0) is 24.4. The molecule has 0 aliphatic carbocycles. The van der Waals surface area contributed by atoms with E-state index in [0.29, 0.717) is 19.0 Å². The van der Waals surface area contributed by atoms with Gasteiger partial charge in [-0.3, -0.25) is 14.8 Å². The Morgan fingerprint density at radius 1 is 1.18 bits per heavy atom. The normalized spacial score (nSPS) is 18.0. The second kappa shape index (κ2) is 7.86. The van der Waals surface area contributed by atoms with Crippen LogP contribution in [-0.4, -0.2) is 49.4 Å². The molecule has 0 bridgehead atoms. The Morgan fingerprint density at radius 2 is 1.91 bits per heavy atom. The molecule has 0 radical (unpaired) electrons. The van der Waals surface area contributed by atoms with Crippen molar-refractivity contribution in [1.82, 2.24) is 24.6 Å². The summed E-state index contributed by atoms with van der Waals surface area (Å²) in [6.45, 7) is 4.75. The molecule has 1 atom stereocenters. The minimum atomic E-state index is -4.77. The number of nitrogens with zero attached hydrogens (tertiary/aromatic N) is 6. The summed E-state index contributed by atoms with van der Waals surface area (Å²) < 4.78 is 57.0. The molecular formula is C22H17ClF4N6O. The molecule has 2 aliphatic heterocycles. The Morgan fingerprint density at radius 3 is 2.56 bits per heavy atom. The third kappa shape index (κ3) is 3.54. The van der Waals surface area contributed by atoms with Crippen molar-refractivity contribution < 1.29 is 22.4 Å². The molecule has 0 N–H and O–H groups in total. The minimum absolute atomic E-state index is 0.0877. The number of halogens is 5. The number of amides is 1. The molecule has 176 valence electrons. The van der Waals surface area contributed by atoms with Crippen LogP contribution in [0.4, 0.5) is 17.6 Å². The Labute approximate surface area is 196 Å². The van der Waals surface area contributed by atoms with Crippen LogP contribution in [0.1, 0.15) is 53.2 Å². The highest BCUT2D eigenvalue weighted by atomic mass is 35.5. The number of carbonyl (C=O) groups excluding carboxylic acids is 1. The topological polar surface area (TPSA) is 76.3 Å². The molecule has 2 aromatic heterocycles. The van der Waals surface area contributed by atoms with Crippen molar-refractivity contribution in [2.75, 3.05) is 13.1 Å². The smallest absolute Gasteiger partial charge is 0.335 e. The van der Waals surface area contributed by atoms with Crippen LogP contribution in [0.15, 0.2) is 35.5 Å². The fourth-order valence-electron chi connectivity index (χ4n) is 4.11. The molecule has 12 heteroatoms. The van der Waals surface area contributed by atoms with E-state index in [2.05, 4.69) is 20.1 Å². The number of alkyl halides is 3. The molecule has 2 aliphatic rings. The van der Waals surface area contributed by atoms with Crippen LogP contribution >= 0.6 is 11.6 Å². The lowest BCUT2D eigenvalue weighted by Gasteiger charge is -2.36. The molecular weight excluding hydrogens is 476 g/mol. The first kappa shape index (κ1) is 22.5. The van der Waals surface area contributed by atoms with Crippen LogP contribution < -0.4 is 0 Å². The van der Waals surface area contributed by atoms with Crippen LogP contribution in [0, 0.1) is 11.7 Å². The SMILES string of the molecule is CC1CN(C(=O)c2nc3n(n2)-c2ccc(C(F)(F)F)c(Cl)c2C(c2ncccc2F)=N[C@H]3C)C1. The van der Waals surface area contributed by atoms with E-state index in [1.54, 1.807) is 11.8 Å². The van der Waals surface area contributed by atoms with Gasteiger partial charge in [-0.05, 0) is 37.1 Å². The second-order valence-corrected chi connectivity index (χ2v) is 8.71. The third-order valence-corrected chi connectivity index (χ3v) is 6.14. The van der Waals surface area contributed by atoms with E-state index in [0.717, 1.165) is 18.2 Å². The molecule has 4 heterocycles. The van der Waals surface area contributed by atoms with Gasteiger partial charge in [-0.15, -0.1) is 5.10 Å². The molecule has 1 saturated heterocycles. The van der Waals surface area contributed by atoms with Crippen molar-refractivity contribution >= 4 is 23.2 Å². The number of fused-ring (bicyclic) bond motifs is 3. The highest BCUT2D eigenvalue weighted by molar-refractivity contribution is 6.37. The number of hydrogen-bond acceptors (Lipinski definition) is 5. The van der Waals surface area contributed by atoms with E-state index in [9.17, 15) is 22.4 Å². The Balaban J connectivity index is 1.74. The first-order valence-corrected chi connectivity index (χ1v) is 10.8. The number of carbonyl (C=O) groups is 1.